The van der Waals surface area contributed by atoms with Gasteiger partial charge in [0.15, 0.2) is 5.82 Å². The Morgan fingerprint density at radius 3 is 2.20 bits per heavy atom. The summed E-state index contributed by atoms with van der Waals surface area (Å²) in [4.78, 5) is 11.2. The molecular formula is C15H20N4S. The van der Waals surface area contributed by atoms with Crippen molar-refractivity contribution in [1.82, 2.24) is 9.97 Å². The molecule has 0 unspecified atom stereocenters. The van der Waals surface area contributed by atoms with Crippen molar-refractivity contribution in [2.75, 3.05) is 24.7 Å². The van der Waals surface area contributed by atoms with Crippen LogP contribution in [0.3, 0.4) is 0 Å². The molecule has 4 nitrogen and oxygen atoms in total. The van der Waals surface area contributed by atoms with Crippen LogP contribution in [0.15, 0.2) is 30.3 Å². The zero-order chi connectivity index (χ0) is 14.9. The third-order valence-electron chi connectivity index (χ3n) is 2.97. The topological polar surface area (TPSA) is 55.0 Å². The molecule has 2 N–H and O–H groups in total. The van der Waals surface area contributed by atoms with E-state index < -0.39 is 0 Å². The molecule has 0 saturated carbocycles. The van der Waals surface area contributed by atoms with Crippen LogP contribution in [0.1, 0.15) is 19.5 Å². The fourth-order valence-electron chi connectivity index (χ4n) is 1.74. The number of hydrogen-bond donors (Lipinski definition) is 2. The highest BCUT2D eigenvalue weighted by Gasteiger charge is 2.20. The van der Waals surface area contributed by atoms with Gasteiger partial charge in [-0.3, -0.25) is 0 Å². The van der Waals surface area contributed by atoms with Gasteiger partial charge in [0, 0.05) is 36.2 Å². The Balaban J connectivity index is 2.57. The summed E-state index contributed by atoms with van der Waals surface area (Å²) in [6, 6.07) is 9.53. The first-order valence-corrected chi connectivity index (χ1v) is 6.87. The number of hydrogen-bond acceptors (Lipinski definition) is 5. The minimum absolute atomic E-state index is 0.323. The third-order valence-corrected chi connectivity index (χ3v) is 3.20. The summed E-state index contributed by atoms with van der Waals surface area (Å²) in [6.07, 6.45) is 0. The molecule has 106 valence electrons. The SMILES string of the molecule is CN(C)c1cc(C(C)(C)S)nc(-c2ccc(N)cc2)n1. The van der Waals surface area contributed by atoms with E-state index >= 15 is 0 Å². The Morgan fingerprint density at radius 2 is 1.70 bits per heavy atom. The highest BCUT2D eigenvalue weighted by Crippen LogP contribution is 2.29. The number of nitrogens with zero attached hydrogens (tertiary/aromatic N) is 3. The number of nitrogens with two attached hydrogens (primary N) is 1. The van der Waals surface area contributed by atoms with Crippen molar-refractivity contribution in [2.45, 2.75) is 18.6 Å². The molecule has 1 aromatic carbocycles. The van der Waals surface area contributed by atoms with E-state index in [1.807, 2.05) is 63.2 Å². The minimum Gasteiger partial charge on any atom is -0.399 e. The van der Waals surface area contributed by atoms with Crippen LogP contribution in [0.4, 0.5) is 11.5 Å². The van der Waals surface area contributed by atoms with E-state index in [2.05, 4.69) is 22.6 Å². The number of anilines is 2. The van der Waals surface area contributed by atoms with Gasteiger partial charge < -0.3 is 10.6 Å². The number of aromatic nitrogens is 2. The van der Waals surface area contributed by atoms with E-state index in [-0.39, 0.29) is 4.75 Å². The van der Waals surface area contributed by atoms with Gasteiger partial charge in [0.25, 0.3) is 0 Å². The van der Waals surface area contributed by atoms with Crippen LogP contribution >= 0.6 is 12.6 Å². The van der Waals surface area contributed by atoms with Gasteiger partial charge in [0.1, 0.15) is 5.82 Å². The molecule has 0 fully saturated rings. The molecule has 0 bridgehead atoms. The molecule has 0 amide bonds. The van der Waals surface area contributed by atoms with Crippen LogP contribution in [0.25, 0.3) is 11.4 Å². The Morgan fingerprint density at radius 1 is 1.10 bits per heavy atom. The highest BCUT2D eigenvalue weighted by molar-refractivity contribution is 7.81. The van der Waals surface area contributed by atoms with Crippen LogP contribution in [-0.2, 0) is 4.75 Å². The van der Waals surface area contributed by atoms with Crippen LogP contribution in [0.5, 0.6) is 0 Å². The second-order valence-corrected chi connectivity index (χ2v) is 6.63. The molecule has 1 aromatic heterocycles. The van der Waals surface area contributed by atoms with Crippen molar-refractivity contribution in [3.8, 4) is 11.4 Å². The van der Waals surface area contributed by atoms with E-state index in [4.69, 9.17) is 5.73 Å². The lowest BCUT2D eigenvalue weighted by molar-refractivity contribution is 0.749. The molecule has 0 aliphatic rings. The zero-order valence-corrected chi connectivity index (χ0v) is 13.1. The molecular weight excluding hydrogens is 268 g/mol. The third kappa shape index (κ3) is 3.22. The molecule has 0 spiro atoms. The molecule has 2 aromatic rings. The lowest BCUT2D eigenvalue weighted by Crippen LogP contribution is -2.17. The van der Waals surface area contributed by atoms with Crippen LogP contribution in [-0.4, -0.2) is 24.1 Å². The Kier molecular flexibility index (Phi) is 3.90. The van der Waals surface area contributed by atoms with Crippen LogP contribution < -0.4 is 10.6 Å². The number of nitrogen functional groups attached to an aromatic ring is 1. The average Bonchev–Trinajstić information content (AvgIpc) is 2.38. The fourth-order valence-corrected chi connectivity index (χ4v) is 1.85. The summed E-state index contributed by atoms with van der Waals surface area (Å²) in [5.74, 6) is 1.55. The van der Waals surface area contributed by atoms with E-state index in [9.17, 15) is 0 Å². The van der Waals surface area contributed by atoms with Gasteiger partial charge in [-0.25, -0.2) is 9.97 Å². The first kappa shape index (κ1) is 14.7. The smallest absolute Gasteiger partial charge is 0.161 e. The molecule has 0 aliphatic heterocycles. The number of thiol groups is 1. The summed E-state index contributed by atoms with van der Waals surface area (Å²) < 4.78 is -0.323. The minimum atomic E-state index is -0.323. The summed E-state index contributed by atoms with van der Waals surface area (Å²) in [6.45, 7) is 4.04. The predicted molar refractivity (Wildman–Crippen MR) is 88.2 cm³/mol. The molecule has 0 saturated heterocycles. The highest BCUT2D eigenvalue weighted by atomic mass is 32.1. The predicted octanol–water partition coefficient (Wildman–Crippen LogP) is 2.96. The average molecular weight is 288 g/mol. The van der Waals surface area contributed by atoms with Gasteiger partial charge in [-0.2, -0.15) is 12.6 Å². The number of benzene rings is 1. The molecule has 0 atom stereocenters. The van der Waals surface area contributed by atoms with Gasteiger partial charge in [0.05, 0.1) is 5.69 Å². The van der Waals surface area contributed by atoms with Crippen LogP contribution in [0, 0.1) is 0 Å². The van der Waals surface area contributed by atoms with Crippen molar-refractivity contribution in [3.05, 3.63) is 36.0 Å². The first-order chi connectivity index (χ1) is 9.27. The first-order valence-electron chi connectivity index (χ1n) is 6.42. The summed E-state index contributed by atoms with van der Waals surface area (Å²) in [5, 5.41) is 0. The second kappa shape index (κ2) is 5.32. The normalized spacial score (nSPS) is 11.4. The van der Waals surface area contributed by atoms with E-state index in [1.54, 1.807) is 0 Å². The quantitative estimate of drug-likeness (QED) is 0.673. The maximum Gasteiger partial charge on any atom is 0.161 e. The Bertz CT molecular complexity index is 600. The molecule has 1 heterocycles. The van der Waals surface area contributed by atoms with Gasteiger partial charge in [0.2, 0.25) is 0 Å². The maximum atomic E-state index is 5.72. The molecule has 0 aliphatic carbocycles. The monoisotopic (exact) mass is 288 g/mol. The summed E-state index contributed by atoms with van der Waals surface area (Å²) >= 11 is 4.61. The Labute approximate surface area is 125 Å². The van der Waals surface area contributed by atoms with E-state index in [0.29, 0.717) is 5.82 Å². The molecule has 0 radical (unpaired) electrons. The largest absolute Gasteiger partial charge is 0.399 e. The van der Waals surface area contributed by atoms with E-state index in [1.165, 1.54) is 0 Å². The van der Waals surface area contributed by atoms with Gasteiger partial charge >= 0.3 is 0 Å². The Hall–Kier alpha value is -1.75. The van der Waals surface area contributed by atoms with Crippen molar-refractivity contribution < 1.29 is 0 Å². The standard InChI is InChI=1S/C15H20N4S/c1-15(2,20)12-9-13(19(3)4)18-14(17-12)10-5-7-11(16)8-6-10/h5-9,20H,16H2,1-4H3. The zero-order valence-electron chi connectivity index (χ0n) is 12.3. The van der Waals surface area contributed by atoms with Crippen molar-refractivity contribution in [2.24, 2.45) is 0 Å². The molecule has 5 heteroatoms. The maximum absolute atomic E-state index is 5.72. The molecule has 20 heavy (non-hydrogen) atoms. The van der Waals surface area contributed by atoms with Gasteiger partial charge in [-0.15, -0.1) is 0 Å². The lowest BCUT2D eigenvalue weighted by atomic mass is 10.1. The number of rotatable bonds is 3. The summed E-state index contributed by atoms with van der Waals surface area (Å²) in [7, 11) is 3.93. The van der Waals surface area contributed by atoms with Crippen molar-refractivity contribution in [1.29, 1.82) is 0 Å². The van der Waals surface area contributed by atoms with Crippen molar-refractivity contribution >= 4 is 24.1 Å². The lowest BCUT2D eigenvalue weighted by Gasteiger charge is -2.21. The fraction of sp³-hybridized carbons (Fsp3) is 0.333. The summed E-state index contributed by atoms with van der Waals surface area (Å²) in [5.41, 5.74) is 8.29. The second-order valence-electron chi connectivity index (χ2n) is 5.51. The van der Waals surface area contributed by atoms with Gasteiger partial charge in [-0.1, -0.05) is 0 Å². The van der Waals surface area contributed by atoms with Crippen molar-refractivity contribution in [3.63, 3.8) is 0 Å². The van der Waals surface area contributed by atoms with E-state index in [0.717, 1.165) is 22.8 Å². The van der Waals surface area contributed by atoms with Gasteiger partial charge in [-0.05, 0) is 38.1 Å². The molecule has 2 rings (SSSR count). The van der Waals surface area contributed by atoms with Crippen LogP contribution in [0.2, 0.25) is 0 Å².